The molecule has 0 amide bonds. The lowest BCUT2D eigenvalue weighted by molar-refractivity contribution is 0.353. The summed E-state index contributed by atoms with van der Waals surface area (Å²) in [6.45, 7) is 7.99. The van der Waals surface area contributed by atoms with Gasteiger partial charge in [0, 0.05) is 18.1 Å². The van der Waals surface area contributed by atoms with E-state index >= 15 is 0 Å². The van der Waals surface area contributed by atoms with Crippen LogP contribution in [0.5, 0.6) is 5.88 Å². The second kappa shape index (κ2) is 6.17. The van der Waals surface area contributed by atoms with Gasteiger partial charge in [-0.05, 0) is 23.6 Å². The van der Waals surface area contributed by atoms with Crippen LogP contribution in [0, 0.1) is 0 Å². The molecule has 0 radical (unpaired) electrons. The van der Waals surface area contributed by atoms with Gasteiger partial charge in [-0.1, -0.05) is 37.8 Å². The van der Waals surface area contributed by atoms with Crippen molar-refractivity contribution in [3.63, 3.8) is 0 Å². The van der Waals surface area contributed by atoms with Gasteiger partial charge in [0.05, 0.1) is 0 Å². The molecule has 0 aliphatic heterocycles. The fraction of sp³-hybridized carbons (Fsp3) is 0.267. The van der Waals surface area contributed by atoms with Gasteiger partial charge in [0.15, 0.2) is 0 Å². The van der Waals surface area contributed by atoms with Crippen molar-refractivity contribution >= 4 is 10.8 Å². The number of hydrogen-bond acceptors (Lipinski definition) is 3. The van der Waals surface area contributed by atoms with Gasteiger partial charge >= 0.3 is 0 Å². The zero-order chi connectivity index (χ0) is 12.8. The smallest absolute Gasteiger partial charge is 0.221 e. The summed E-state index contributed by atoms with van der Waals surface area (Å²) in [6.07, 6.45) is 3.60. The SMILES string of the molecule is C=CCOc1ncc(CNCC)c2ccccc12. The molecule has 0 unspecified atom stereocenters. The van der Waals surface area contributed by atoms with Crippen LogP contribution < -0.4 is 10.1 Å². The molecule has 0 aliphatic rings. The molecule has 0 spiro atoms. The summed E-state index contributed by atoms with van der Waals surface area (Å²) < 4.78 is 5.58. The van der Waals surface area contributed by atoms with Gasteiger partial charge in [0.1, 0.15) is 6.61 Å². The second-order valence-corrected chi connectivity index (χ2v) is 4.01. The molecule has 2 rings (SSSR count). The molecule has 0 saturated heterocycles. The van der Waals surface area contributed by atoms with Crippen molar-refractivity contribution in [2.45, 2.75) is 13.5 Å². The minimum Gasteiger partial charge on any atom is -0.473 e. The van der Waals surface area contributed by atoms with Crippen LogP contribution in [-0.2, 0) is 6.54 Å². The Kier molecular flexibility index (Phi) is 4.31. The van der Waals surface area contributed by atoms with E-state index < -0.39 is 0 Å². The number of rotatable bonds is 6. The molecule has 1 heterocycles. The van der Waals surface area contributed by atoms with Crippen LogP contribution >= 0.6 is 0 Å². The number of ether oxygens (including phenoxy) is 1. The molecule has 1 N–H and O–H groups in total. The monoisotopic (exact) mass is 242 g/mol. The molecule has 2 aromatic rings. The highest BCUT2D eigenvalue weighted by molar-refractivity contribution is 5.89. The number of fused-ring (bicyclic) bond motifs is 1. The molecule has 18 heavy (non-hydrogen) atoms. The van der Waals surface area contributed by atoms with Crippen molar-refractivity contribution in [2.24, 2.45) is 0 Å². The third-order valence-electron chi connectivity index (χ3n) is 2.74. The van der Waals surface area contributed by atoms with Crippen LogP contribution in [0.3, 0.4) is 0 Å². The van der Waals surface area contributed by atoms with Gasteiger partial charge in [-0.3, -0.25) is 0 Å². The Morgan fingerprint density at radius 2 is 2.11 bits per heavy atom. The number of nitrogens with one attached hydrogen (secondary N) is 1. The van der Waals surface area contributed by atoms with Gasteiger partial charge in [-0.25, -0.2) is 4.98 Å². The average molecular weight is 242 g/mol. The number of hydrogen-bond donors (Lipinski definition) is 1. The van der Waals surface area contributed by atoms with E-state index in [0.717, 1.165) is 18.5 Å². The summed E-state index contributed by atoms with van der Waals surface area (Å²) in [5.74, 6) is 0.672. The first kappa shape index (κ1) is 12.6. The maximum Gasteiger partial charge on any atom is 0.221 e. The van der Waals surface area contributed by atoms with E-state index in [1.54, 1.807) is 6.08 Å². The van der Waals surface area contributed by atoms with Crippen LogP contribution in [0.4, 0.5) is 0 Å². The molecule has 3 nitrogen and oxygen atoms in total. The minimum atomic E-state index is 0.476. The molecule has 1 aromatic heterocycles. The highest BCUT2D eigenvalue weighted by Gasteiger charge is 2.07. The lowest BCUT2D eigenvalue weighted by Gasteiger charge is -2.10. The number of nitrogens with zero attached hydrogens (tertiary/aromatic N) is 1. The number of pyridine rings is 1. The molecule has 0 fully saturated rings. The third kappa shape index (κ3) is 2.68. The predicted molar refractivity (Wildman–Crippen MR) is 74.8 cm³/mol. The average Bonchev–Trinajstić information content (AvgIpc) is 2.43. The number of aromatic nitrogens is 1. The Labute approximate surface area is 107 Å². The molecule has 3 heteroatoms. The molecule has 1 aromatic carbocycles. The quantitative estimate of drug-likeness (QED) is 0.791. The molecule has 0 bridgehead atoms. The second-order valence-electron chi connectivity index (χ2n) is 4.01. The third-order valence-corrected chi connectivity index (χ3v) is 2.74. The summed E-state index contributed by atoms with van der Waals surface area (Å²) in [6, 6.07) is 8.18. The Morgan fingerprint density at radius 3 is 2.83 bits per heavy atom. The van der Waals surface area contributed by atoms with Crippen LogP contribution in [0.25, 0.3) is 10.8 Å². The molecular formula is C15H18N2O. The van der Waals surface area contributed by atoms with E-state index in [2.05, 4.69) is 29.9 Å². The molecule has 0 atom stereocenters. The number of benzene rings is 1. The van der Waals surface area contributed by atoms with Gasteiger partial charge in [-0.15, -0.1) is 0 Å². The summed E-state index contributed by atoms with van der Waals surface area (Å²) in [5.41, 5.74) is 1.19. The van der Waals surface area contributed by atoms with Gasteiger partial charge < -0.3 is 10.1 Å². The maximum atomic E-state index is 5.58. The lowest BCUT2D eigenvalue weighted by Crippen LogP contribution is -2.12. The fourth-order valence-electron chi connectivity index (χ4n) is 1.88. The van der Waals surface area contributed by atoms with Crippen molar-refractivity contribution in [1.29, 1.82) is 0 Å². The highest BCUT2D eigenvalue weighted by Crippen LogP contribution is 2.26. The van der Waals surface area contributed by atoms with E-state index in [4.69, 9.17) is 4.74 Å². The van der Waals surface area contributed by atoms with Crippen molar-refractivity contribution in [1.82, 2.24) is 10.3 Å². The normalized spacial score (nSPS) is 10.5. The summed E-state index contributed by atoms with van der Waals surface area (Å²) in [5, 5.41) is 5.56. The van der Waals surface area contributed by atoms with Gasteiger partial charge in [0.2, 0.25) is 5.88 Å². The predicted octanol–water partition coefficient (Wildman–Crippen LogP) is 2.91. The Bertz CT molecular complexity index is 537. The first-order valence-corrected chi connectivity index (χ1v) is 6.17. The molecule has 0 saturated carbocycles. The Balaban J connectivity index is 2.41. The van der Waals surface area contributed by atoms with Gasteiger partial charge in [0.25, 0.3) is 0 Å². The summed E-state index contributed by atoms with van der Waals surface area (Å²) in [7, 11) is 0. The molecule has 0 aliphatic carbocycles. The first-order chi connectivity index (χ1) is 8.86. The topological polar surface area (TPSA) is 34.1 Å². The van der Waals surface area contributed by atoms with E-state index in [0.29, 0.717) is 12.5 Å². The van der Waals surface area contributed by atoms with Crippen molar-refractivity contribution in [2.75, 3.05) is 13.2 Å². The summed E-state index contributed by atoms with van der Waals surface area (Å²) in [4.78, 5) is 4.39. The van der Waals surface area contributed by atoms with E-state index in [-0.39, 0.29) is 0 Å². The van der Waals surface area contributed by atoms with Crippen LogP contribution in [0.1, 0.15) is 12.5 Å². The standard InChI is InChI=1S/C15H18N2O/c1-3-9-18-15-14-8-6-5-7-13(14)12(11-17-15)10-16-4-2/h3,5-8,11,16H,1,4,9-10H2,2H3. The minimum absolute atomic E-state index is 0.476. The van der Waals surface area contributed by atoms with Crippen molar-refractivity contribution < 1.29 is 4.74 Å². The van der Waals surface area contributed by atoms with Crippen LogP contribution in [0.15, 0.2) is 43.1 Å². The fourth-order valence-corrected chi connectivity index (χ4v) is 1.88. The molecule has 94 valence electrons. The van der Waals surface area contributed by atoms with Crippen LogP contribution in [-0.4, -0.2) is 18.1 Å². The maximum absolute atomic E-state index is 5.58. The Morgan fingerprint density at radius 1 is 1.33 bits per heavy atom. The van der Waals surface area contributed by atoms with Crippen LogP contribution in [0.2, 0.25) is 0 Å². The highest BCUT2D eigenvalue weighted by atomic mass is 16.5. The van der Waals surface area contributed by atoms with Gasteiger partial charge in [-0.2, -0.15) is 0 Å². The first-order valence-electron chi connectivity index (χ1n) is 6.17. The van der Waals surface area contributed by atoms with Crippen molar-refractivity contribution in [3.8, 4) is 5.88 Å². The lowest BCUT2D eigenvalue weighted by atomic mass is 10.1. The Hall–Kier alpha value is -1.87. The zero-order valence-electron chi connectivity index (χ0n) is 10.6. The van der Waals surface area contributed by atoms with E-state index in [1.807, 2.05) is 24.4 Å². The van der Waals surface area contributed by atoms with E-state index in [1.165, 1.54) is 10.9 Å². The summed E-state index contributed by atoms with van der Waals surface area (Å²) >= 11 is 0. The molecular weight excluding hydrogens is 224 g/mol. The zero-order valence-corrected chi connectivity index (χ0v) is 10.6. The van der Waals surface area contributed by atoms with Crippen molar-refractivity contribution in [3.05, 3.63) is 48.7 Å². The van der Waals surface area contributed by atoms with E-state index in [9.17, 15) is 0 Å². The largest absolute Gasteiger partial charge is 0.473 e.